The lowest BCUT2D eigenvalue weighted by atomic mass is 10.0. The molecule has 0 saturated heterocycles. The summed E-state index contributed by atoms with van der Waals surface area (Å²) in [5, 5.41) is 0. The Labute approximate surface area is 143 Å². The molecule has 4 heteroatoms. The van der Waals surface area contributed by atoms with E-state index in [-0.39, 0.29) is 0 Å². The molecule has 0 saturated carbocycles. The van der Waals surface area contributed by atoms with Gasteiger partial charge >= 0.3 is 0 Å². The lowest BCUT2D eigenvalue weighted by Gasteiger charge is -2.09. The molecule has 0 N–H and O–H groups in total. The molecule has 2 aromatic rings. The molecule has 2 rings (SSSR count). The minimum atomic E-state index is 0.707. The predicted molar refractivity (Wildman–Crippen MR) is 101 cm³/mol. The summed E-state index contributed by atoms with van der Waals surface area (Å²) in [5.41, 5.74) is 5.21. The van der Waals surface area contributed by atoms with Gasteiger partial charge in [-0.3, -0.25) is 15.0 Å². The molecule has 0 fully saturated rings. The van der Waals surface area contributed by atoms with E-state index in [0.29, 0.717) is 6.42 Å². The maximum atomic E-state index is 5.45. The first-order valence-corrected chi connectivity index (χ1v) is 7.92. The first kappa shape index (κ1) is 17.6. The number of aliphatic imine (C=N–C) groups is 2. The number of hydrogen-bond acceptors (Lipinski definition) is 4. The van der Waals surface area contributed by atoms with Gasteiger partial charge in [0.25, 0.3) is 0 Å². The highest BCUT2D eigenvalue weighted by Crippen LogP contribution is 2.26. The molecule has 0 bridgehead atoms. The monoisotopic (exact) mass is 321 g/mol. The van der Waals surface area contributed by atoms with Crippen LogP contribution in [0.3, 0.4) is 0 Å². The fourth-order valence-electron chi connectivity index (χ4n) is 2.35. The second-order valence-corrected chi connectivity index (χ2v) is 5.48. The Balaban J connectivity index is 2.37. The highest BCUT2D eigenvalue weighted by atomic mass is 16.5. The Morgan fingerprint density at radius 1 is 1.29 bits per heavy atom. The van der Waals surface area contributed by atoms with Crippen molar-refractivity contribution in [1.29, 1.82) is 0 Å². The maximum absolute atomic E-state index is 5.45. The molecule has 0 amide bonds. The van der Waals surface area contributed by atoms with Crippen molar-refractivity contribution in [3.8, 4) is 17.0 Å². The van der Waals surface area contributed by atoms with Gasteiger partial charge in [-0.2, -0.15) is 0 Å². The predicted octanol–water partition coefficient (Wildman–Crippen LogP) is 4.28. The summed E-state index contributed by atoms with van der Waals surface area (Å²) in [6.07, 6.45) is 6.16. The Morgan fingerprint density at radius 2 is 2.12 bits per heavy atom. The van der Waals surface area contributed by atoms with Gasteiger partial charge in [-0.15, -0.1) is 0 Å². The molecule has 1 aromatic heterocycles. The molecule has 0 spiro atoms. The Bertz CT molecular complexity index is 746. The molecule has 0 radical (unpaired) electrons. The largest absolute Gasteiger partial charge is 0.497 e. The lowest BCUT2D eigenvalue weighted by molar-refractivity contribution is 0.414. The van der Waals surface area contributed by atoms with Gasteiger partial charge in [0.1, 0.15) is 5.75 Å². The molecule has 0 unspecified atom stereocenters. The van der Waals surface area contributed by atoms with Crippen molar-refractivity contribution in [2.75, 3.05) is 13.7 Å². The number of methoxy groups -OCH3 is 1. The van der Waals surface area contributed by atoms with Crippen LogP contribution in [0, 0.1) is 6.92 Å². The molecule has 1 aromatic carbocycles. The first-order chi connectivity index (χ1) is 11.7. The quantitative estimate of drug-likeness (QED) is 0.714. The van der Waals surface area contributed by atoms with E-state index < -0.39 is 0 Å². The van der Waals surface area contributed by atoms with E-state index in [2.05, 4.69) is 33.8 Å². The zero-order valence-corrected chi connectivity index (χ0v) is 14.5. The van der Waals surface area contributed by atoms with Gasteiger partial charge in [-0.05, 0) is 61.5 Å². The number of aromatic nitrogens is 1. The SMILES string of the molecule is C=N/C=C(\C=NCC)Cc1cc(OC)cc(-c2ccc(C)cn2)c1. The third-order valence-corrected chi connectivity index (χ3v) is 3.51. The van der Waals surface area contributed by atoms with Gasteiger partial charge in [-0.1, -0.05) is 6.07 Å². The number of allylic oxidation sites excluding steroid dienone is 1. The van der Waals surface area contributed by atoms with Gasteiger partial charge < -0.3 is 4.74 Å². The third-order valence-electron chi connectivity index (χ3n) is 3.51. The Kier molecular flexibility index (Phi) is 6.43. The zero-order chi connectivity index (χ0) is 17.4. The number of hydrogen-bond donors (Lipinski definition) is 0. The van der Waals surface area contributed by atoms with Crippen LogP contribution >= 0.6 is 0 Å². The van der Waals surface area contributed by atoms with Gasteiger partial charge in [0.05, 0.1) is 12.8 Å². The first-order valence-electron chi connectivity index (χ1n) is 7.92. The smallest absolute Gasteiger partial charge is 0.119 e. The van der Waals surface area contributed by atoms with Crippen molar-refractivity contribution in [3.05, 3.63) is 59.4 Å². The fraction of sp³-hybridized carbons (Fsp3) is 0.250. The standard InChI is InChI=1S/C20H23N3O/c1-5-22-14-17(13-21-3)8-16-9-18(11-19(10-16)24-4)20-7-6-15(2)12-23-20/h6-7,9-14H,3,5,8H2,1-2,4H3/b17-13-,22-14?. The van der Waals surface area contributed by atoms with Crippen molar-refractivity contribution < 1.29 is 4.74 Å². The van der Waals surface area contributed by atoms with Gasteiger partial charge in [0.2, 0.25) is 0 Å². The Hall–Kier alpha value is -2.75. The fourth-order valence-corrected chi connectivity index (χ4v) is 2.35. The molecule has 0 aliphatic rings. The van der Waals surface area contributed by atoms with Crippen LogP contribution in [0.25, 0.3) is 11.3 Å². The van der Waals surface area contributed by atoms with Gasteiger partial charge in [0, 0.05) is 37.1 Å². The third kappa shape index (κ3) is 4.88. The van der Waals surface area contributed by atoms with Crippen LogP contribution in [-0.2, 0) is 6.42 Å². The minimum Gasteiger partial charge on any atom is -0.497 e. The molecule has 4 nitrogen and oxygen atoms in total. The normalized spacial score (nSPS) is 11.7. The zero-order valence-electron chi connectivity index (χ0n) is 14.5. The van der Waals surface area contributed by atoms with Crippen LogP contribution in [0.4, 0.5) is 0 Å². The molecule has 0 atom stereocenters. The van der Waals surface area contributed by atoms with Crippen LogP contribution < -0.4 is 4.74 Å². The van der Waals surface area contributed by atoms with Crippen LogP contribution in [0.2, 0.25) is 0 Å². The van der Waals surface area contributed by atoms with E-state index in [1.165, 1.54) is 0 Å². The summed E-state index contributed by atoms with van der Waals surface area (Å²) in [6.45, 7) is 8.31. The summed E-state index contributed by atoms with van der Waals surface area (Å²) in [7, 11) is 1.67. The Morgan fingerprint density at radius 3 is 2.75 bits per heavy atom. The minimum absolute atomic E-state index is 0.707. The summed E-state index contributed by atoms with van der Waals surface area (Å²) in [6, 6.07) is 10.2. The van der Waals surface area contributed by atoms with Crippen LogP contribution in [-0.4, -0.2) is 31.6 Å². The van der Waals surface area contributed by atoms with E-state index >= 15 is 0 Å². The molecule has 0 aliphatic carbocycles. The number of ether oxygens (including phenoxy) is 1. The van der Waals surface area contributed by atoms with E-state index in [4.69, 9.17) is 4.74 Å². The average molecular weight is 321 g/mol. The summed E-state index contributed by atoms with van der Waals surface area (Å²) in [4.78, 5) is 12.7. The second kappa shape index (κ2) is 8.77. The second-order valence-electron chi connectivity index (χ2n) is 5.48. The van der Waals surface area contributed by atoms with Crippen LogP contribution in [0.1, 0.15) is 18.1 Å². The molecular formula is C20H23N3O. The van der Waals surface area contributed by atoms with E-state index in [1.807, 2.05) is 44.5 Å². The summed E-state index contributed by atoms with van der Waals surface area (Å²) >= 11 is 0. The number of nitrogens with zero attached hydrogens (tertiary/aromatic N) is 3. The molecular weight excluding hydrogens is 298 g/mol. The van der Waals surface area contributed by atoms with E-state index in [9.17, 15) is 0 Å². The molecule has 24 heavy (non-hydrogen) atoms. The van der Waals surface area contributed by atoms with Crippen molar-refractivity contribution in [2.45, 2.75) is 20.3 Å². The molecule has 0 aliphatic heterocycles. The van der Waals surface area contributed by atoms with E-state index in [1.54, 1.807) is 13.3 Å². The van der Waals surface area contributed by atoms with Crippen molar-refractivity contribution in [3.63, 3.8) is 0 Å². The maximum Gasteiger partial charge on any atom is 0.119 e. The van der Waals surface area contributed by atoms with Gasteiger partial charge in [0.15, 0.2) is 0 Å². The lowest BCUT2D eigenvalue weighted by Crippen LogP contribution is -1.96. The van der Waals surface area contributed by atoms with Crippen molar-refractivity contribution >= 4 is 12.9 Å². The van der Waals surface area contributed by atoms with E-state index in [0.717, 1.165) is 40.3 Å². The average Bonchev–Trinajstić information content (AvgIpc) is 2.60. The molecule has 1 heterocycles. The van der Waals surface area contributed by atoms with Crippen molar-refractivity contribution in [2.24, 2.45) is 9.98 Å². The summed E-state index contributed by atoms with van der Waals surface area (Å²) in [5.74, 6) is 0.809. The van der Waals surface area contributed by atoms with Crippen LogP contribution in [0.15, 0.2) is 58.3 Å². The topological polar surface area (TPSA) is 46.8 Å². The van der Waals surface area contributed by atoms with Crippen LogP contribution in [0.5, 0.6) is 5.75 Å². The number of rotatable bonds is 7. The molecule has 124 valence electrons. The summed E-state index contributed by atoms with van der Waals surface area (Å²) < 4.78 is 5.45. The van der Waals surface area contributed by atoms with Gasteiger partial charge in [-0.25, -0.2) is 0 Å². The number of aryl methyl sites for hydroxylation is 1. The number of pyridine rings is 1. The highest BCUT2D eigenvalue weighted by molar-refractivity contribution is 5.79. The van der Waals surface area contributed by atoms with Crippen molar-refractivity contribution in [1.82, 2.24) is 4.98 Å². The highest BCUT2D eigenvalue weighted by Gasteiger charge is 2.06. The number of benzene rings is 1.